The Kier molecular flexibility index (Phi) is 4.84. The first-order valence-electron chi connectivity index (χ1n) is 8.57. The highest BCUT2D eigenvalue weighted by Crippen LogP contribution is 2.24. The van der Waals surface area contributed by atoms with Crippen molar-refractivity contribution in [1.82, 2.24) is 20.3 Å². The number of anilines is 3. The molecule has 0 radical (unpaired) electrons. The molecule has 0 aliphatic carbocycles. The number of nitrogens with one attached hydrogen (secondary N) is 3. The largest absolute Gasteiger partial charge is 0.370 e. The molecule has 27 heavy (non-hydrogen) atoms. The van der Waals surface area contributed by atoms with Crippen LogP contribution in [-0.2, 0) is 0 Å². The van der Waals surface area contributed by atoms with E-state index in [1.54, 1.807) is 30.6 Å². The van der Waals surface area contributed by atoms with Crippen LogP contribution in [0.5, 0.6) is 0 Å². The van der Waals surface area contributed by atoms with E-state index in [0.29, 0.717) is 35.3 Å². The van der Waals surface area contributed by atoms with E-state index in [2.05, 4.69) is 30.9 Å². The van der Waals surface area contributed by atoms with Gasteiger partial charge in [0.1, 0.15) is 5.82 Å². The van der Waals surface area contributed by atoms with E-state index < -0.39 is 0 Å². The molecule has 3 N–H and O–H groups in total. The van der Waals surface area contributed by atoms with E-state index in [1.807, 2.05) is 18.2 Å². The summed E-state index contributed by atoms with van der Waals surface area (Å²) in [7, 11) is 0. The lowest BCUT2D eigenvalue weighted by Gasteiger charge is -2.12. The Hall–Kier alpha value is -3.19. The van der Waals surface area contributed by atoms with Crippen LogP contribution in [-0.4, -0.2) is 33.9 Å². The Morgan fingerprint density at radius 3 is 2.74 bits per heavy atom. The number of hydrogen-bond acceptors (Lipinski definition) is 6. The zero-order valence-electron chi connectivity index (χ0n) is 14.4. The fourth-order valence-electron chi connectivity index (χ4n) is 2.77. The molecule has 0 saturated carbocycles. The highest BCUT2D eigenvalue weighted by Gasteiger charge is 2.12. The van der Waals surface area contributed by atoms with E-state index in [-0.39, 0.29) is 5.91 Å². The van der Waals surface area contributed by atoms with Crippen LogP contribution in [0.15, 0.2) is 48.8 Å². The molecule has 136 valence electrons. The number of pyridine rings is 1. The number of halogens is 1. The van der Waals surface area contributed by atoms with Crippen molar-refractivity contribution >= 4 is 35.0 Å². The number of aromatic nitrogens is 3. The summed E-state index contributed by atoms with van der Waals surface area (Å²) >= 11 is 6.19. The molecule has 4 rings (SSSR count). The summed E-state index contributed by atoms with van der Waals surface area (Å²) in [6.45, 7) is 1.21. The maximum atomic E-state index is 12.4. The highest BCUT2D eigenvalue weighted by atomic mass is 35.5. The Bertz CT molecular complexity index is 993. The zero-order valence-corrected chi connectivity index (χ0v) is 15.1. The minimum absolute atomic E-state index is 0.217. The van der Waals surface area contributed by atoms with E-state index in [1.165, 1.54) is 0 Å². The third kappa shape index (κ3) is 3.98. The van der Waals surface area contributed by atoms with Gasteiger partial charge in [-0.1, -0.05) is 11.6 Å². The van der Waals surface area contributed by atoms with Crippen molar-refractivity contribution in [1.29, 1.82) is 0 Å². The minimum atomic E-state index is -0.217. The molecule has 0 unspecified atom stereocenters. The van der Waals surface area contributed by atoms with Crippen LogP contribution in [0.4, 0.5) is 17.5 Å². The van der Waals surface area contributed by atoms with Crippen molar-refractivity contribution in [3.8, 4) is 11.3 Å². The van der Waals surface area contributed by atoms with Crippen LogP contribution >= 0.6 is 11.6 Å². The van der Waals surface area contributed by atoms with Crippen LogP contribution in [0.1, 0.15) is 16.8 Å². The van der Waals surface area contributed by atoms with Crippen molar-refractivity contribution in [2.45, 2.75) is 6.42 Å². The maximum Gasteiger partial charge on any atom is 0.252 e. The second-order valence-corrected chi connectivity index (χ2v) is 6.46. The first-order chi connectivity index (χ1) is 13.2. The fraction of sp³-hybridized carbons (Fsp3) is 0.158. The van der Waals surface area contributed by atoms with Crippen molar-refractivity contribution in [2.75, 3.05) is 23.7 Å². The minimum Gasteiger partial charge on any atom is -0.370 e. The summed E-state index contributed by atoms with van der Waals surface area (Å²) in [5.74, 6) is 0.970. The fourth-order valence-corrected chi connectivity index (χ4v) is 2.98. The van der Waals surface area contributed by atoms with Gasteiger partial charge in [-0.05, 0) is 42.8 Å². The second-order valence-electron chi connectivity index (χ2n) is 6.05. The predicted molar refractivity (Wildman–Crippen MR) is 105 cm³/mol. The number of fused-ring (bicyclic) bond motifs is 7. The summed E-state index contributed by atoms with van der Waals surface area (Å²) < 4.78 is 0. The molecule has 0 atom stereocenters. The van der Waals surface area contributed by atoms with Gasteiger partial charge in [0, 0.05) is 36.7 Å². The molecule has 2 aromatic heterocycles. The van der Waals surface area contributed by atoms with Gasteiger partial charge in [0.05, 0.1) is 16.3 Å². The molecule has 7 nitrogen and oxygen atoms in total. The van der Waals surface area contributed by atoms with Crippen LogP contribution in [0.2, 0.25) is 5.02 Å². The molecule has 3 aromatic rings. The number of benzene rings is 1. The van der Waals surface area contributed by atoms with Gasteiger partial charge in [-0.3, -0.25) is 4.79 Å². The first kappa shape index (κ1) is 17.2. The lowest BCUT2D eigenvalue weighted by molar-refractivity contribution is 0.0953. The average Bonchev–Trinajstić information content (AvgIpc) is 2.69. The molecule has 0 saturated heterocycles. The lowest BCUT2D eigenvalue weighted by Crippen LogP contribution is -2.26. The quantitative estimate of drug-likeness (QED) is 0.553. The standard InChI is InChI=1S/C19H17ClN6O/c20-15-3-2-13-11-14(15)18(27)23-7-1-6-21-17-10-12(4-8-22-17)16-5-9-24-19(25-13)26-16/h2-5,8-11H,1,6-7H2,(H,21,22)(H,23,27)(H,24,25,26). The molecular formula is C19H17ClN6O. The number of carbonyl (C=O) groups is 1. The molecule has 1 aromatic carbocycles. The number of rotatable bonds is 0. The Labute approximate surface area is 161 Å². The van der Waals surface area contributed by atoms with Gasteiger partial charge in [0.25, 0.3) is 5.91 Å². The number of carbonyl (C=O) groups excluding carboxylic acids is 1. The number of nitrogens with zero attached hydrogens (tertiary/aromatic N) is 3. The first-order valence-corrected chi connectivity index (χ1v) is 8.95. The molecule has 1 amide bonds. The molecule has 0 fully saturated rings. The van der Waals surface area contributed by atoms with Gasteiger partial charge in [-0.15, -0.1) is 0 Å². The number of amides is 1. The van der Waals surface area contributed by atoms with Crippen LogP contribution in [0, 0.1) is 0 Å². The molecule has 6 bridgehead atoms. The smallest absolute Gasteiger partial charge is 0.252 e. The van der Waals surface area contributed by atoms with Crippen molar-refractivity contribution in [3.63, 3.8) is 0 Å². The summed E-state index contributed by atoms with van der Waals surface area (Å²) in [6.07, 6.45) is 4.18. The second kappa shape index (κ2) is 7.59. The third-order valence-electron chi connectivity index (χ3n) is 4.12. The van der Waals surface area contributed by atoms with Gasteiger partial charge in [-0.2, -0.15) is 0 Å². The maximum absolute atomic E-state index is 12.4. The Morgan fingerprint density at radius 1 is 0.963 bits per heavy atom. The molecular weight excluding hydrogens is 364 g/mol. The monoisotopic (exact) mass is 380 g/mol. The lowest BCUT2D eigenvalue weighted by atomic mass is 10.1. The van der Waals surface area contributed by atoms with Gasteiger partial charge in [0.15, 0.2) is 0 Å². The van der Waals surface area contributed by atoms with E-state index in [4.69, 9.17) is 11.6 Å². The van der Waals surface area contributed by atoms with Crippen molar-refractivity contribution in [2.24, 2.45) is 0 Å². The predicted octanol–water partition coefficient (Wildman–Crippen LogP) is 3.48. The van der Waals surface area contributed by atoms with E-state index in [0.717, 1.165) is 23.5 Å². The third-order valence-corrected chi connectivity index (χ3v) is 4.45. The highest BCUT2D eigenvalue weighted by molar-refractivity contribution is 6.34. The Balaban J connectivity index is 1.74. The van der Waals surface area contributed by atoms with Crippen molar-refractivity contribution in [3.05, 3.63) is 59.4 Å². The number of hydrogen-bond donors (Lipinski definition) is 3. The molecule has 3 heterocycles. The van der Waals surface area contributed by atoms with Gasteiger partial charge in [-0.25, -0.2) is 15.0 Å². The SMILES string of the molecule is O=C1NCCCNc2cc(ccn2)-c2ccnc(n2)Nc2ccc(Cl)c1c2. The molecule has 8 heteroatoms. The average molecular weight is 381 g/mol. The van der Waals surface area contributed by atoms with Crippen LogP contribution in [0.25, 0.3) is 11.3 Å². The summed E-state index contributed by atoms with van der Waals surface area (Å²) in [6, 6.07) is 10.9. The normalized spacial score (nSPS) is 13.9. The molecule has 0 spiro atoms. The van der Waals surface area contributed by atoms with Gasteiger partial charge < -0.3 is 16.0 Å². The summed E-state index contributed by atoms with van der Waals surface area (Å²) in [4.78, 5) is 25.6. The van der Waals surface area contributed by atoms with Crippen LogP contribution in [0.3, 0.4) is 0 Å². The summed E-state index contributed by atoms with van der Waals surface area (Å²) in [5, 5.41) is 9.67. The van der Waals surface area contributed by atoms with E-state index >= 15 is 0 Å². The van der Waals surface area contributed by atoms with Gasteiger partial charge >= 0.3 is 0 Å². The van der Waals surface area contributed by atoms with E-state index in [9.17, 15) is 4.79 Å². The molecule has 1 aliphatic rings. The molecule has 1 aliphatic heterocycles. The Morgan fingerprint density at radius 2 is 1.81 bits per heavy atom. The summed E-state index contributed by atoms with van der Waals surface area (Å²) in [5.41, 5.74) is 2.81. The van der Waals surface area contributed by atoms with Gasteiger partial charge in [0.2, 0.25) is 5.95 Å². The van der Waals surface area contributed by atoms with Crippen molar-refractivity contribution < 1.29 is 4.79 Å². The van der Waals surface area contributed by atoms with Crippen LogP contribution < -0.4 is 16.0 Å². The zero-order chi connectivity index (χ0) is 18.6. The topological polar surface area (TPSA) is 91.8 Å².